The third-order valence-electron chi connectivity index (χ3n) is 7.40. The van der Waals surface area contributed by atoms with Gasteiger partial charge < -0.3 is 14.7 Å². The zero-order valence-corrected chi connectivity index (χ0v) is 19.6. The van der Waals surface area contributed by atoms with E-state index in [-0.39, 0.29) is 17.9 Å². The maximum Gasteiger partial charge on any atom is 0.244 e. The highest BCUT2D eigenvalue weighted by Crippen LogP contribution is 2.32. The number of aryl methyl sites for hydroxylation is 1. The number of hydrogen-bond acceptors (Lipinski definition) is 4. The maximum atomic E-state index is 13.5. The van der Waals surface area contributed by atoms with Crippen molar-refractivity contribution < 1.29 is 9.59 Å². The van der Waals surface area contributed by atoms with Gasteiger partial charge in [0.1, 0.15) is 6.04 Å². The lowest BCUT2D eigenvalue weighted by Gasteiger charge is -2.40. The number of fused-ring (bicyclic) bond motifs is 1. The quantitative estimate of drug-likeness (QED) is 0.725. The van der Waals surface area contributed by atoms with Gasteiger partial charge in [0.2, 0.25) is 11.8 Å². The first-order valence-electron chi connectivity index (χ1n) is 12.3. The number of likely N-dealkylation sites (tertiary alicyclic amines) is 1. The van der Waals surface area contributed by atoms with E-state index in [1.54, 1.807) is 0 Å². The third-order valence-corrected chi connectivity index (χ3v) is 7.40. The van der Waals surface area contributed by atoms with Crippen LogP contribution in [0.2, 0.25) is 0 Å². The highest BCUT2D eigenvalue weighted by Gasteiger charge is 2.37. The molecule has 3 heterocycles. The van der Waals surface area contributed by atoms with Crippen LogP contribution >= 0.6 is 0 Å². The molecule has 2 fully saturated rings. The fourth-order valence-electron chi connectivity index (χ4n) is 5.43. The Balaban J connectivity index is 1.26. The molecule has 2 saturated heterocycles. The number of piperazine rings is 1. The fourth-order valence-corrected chi connectivity index (χ4v) is 5.43. The molecule has 0 aromatic heterocycles. The Labute approximate surface area is 196 Å². The molecule has 3 aliphatic rings. The minimum Gasteiger partial charge on any atom is -0.368 e. The monoisotopic (exact) mass is 446 g/mol. The summed E-state index contributed by atoms with van der Waals surface area (Å²) in [5, 5.41) is 0. The van der Waals surface area contributed by atoms with Gasteiger partial charge in [-0.3, -0.25) is 14.5 Å². The Kier molecular flexibility index (Phi) is 6.36. The molecule has 0 saturated carbocycles. The fraction of sp³-hybridized carbons (Fsp3) is 0.481. The van der Waals surface area contributed by atoms with Crippen LogP contribution in [0.4, 0.5) is 5.69 Å². The van der Waals surface area contributed by atoms with Gasteiger partial charge in [0.05, 0.1) is 6.54 Å². The molecule has 0 unspecified atom stereocenters. The standard InChI is InChI=1S/C27H34N4O2/c1-21-8-10-23(11-9-21)28-16-18-29(19-17-28)25(32)20-31-15-12-22-6-2-3-7-24(22)26(31)27(33)30-13-4-5-14-30/h2-3,6-11,26H,4-5,12-20H2,1H3/t26-/m1/s1. The molecule has 2 aromatic carbocycles. The molecule has 0 N–H and O–H groups in total. The van der Waals surface area contributed by atoms with Gasteiger partial charge in [0.25, 0.3) is 0 Å². The molecule has 5 rings (SSSR count). The van der Waals surface area contributed by atoms with Crippen LogP contribution in [0.1, 0.15) is 35.6 Å². The lowest BCUT2D eigenvalue weighted by atomic mass is 9.91. The summed E-state index contributed by atoms with van der Waals surface area (Å²) in [5.74, 6) is 0.300. The van der Waals surface area contributed by atoms with Crippen molar-refractivity contribution in [1.29, 1.82) is 0 Å². The Hall–Kier alpha value is -2.86. The zero-order valence-electron chi connectivity index (χ0n) is 19.6. The van der Waals surface area contributed by atoms with E-state index in [9.17, 15) is 9.59 Å². The molecule has 6 heteroatoms. The third kappa shape index (κ3) is 4.62. The summed E-state index contributed by atoms with van der Waals surface area (Å²) >= 11 is 0. The Bertz CT molecular complexity index is 991. The molecular formula is C27H34N4O2. The van der Waals surface area contributed by atoms with E-state index in [1.165, 1.54) is 16.8 Å². The van der Waals surface area contributed by atoms with Crippen molar-refractivity contribution in [2.75, 3.05) is 57.3 Å². The molecule has 1 atom stereocenters. The van der Waals surface area contributed by atoms with Crippen LogP contribution in [0.5, 0.6) is 0 Å². The molecule has 3 aliphatic heterocycles. The highest BCUT2D eigenvalue weighted by atomic mass is 16.2. The number of amides is 2. The average Bonchev–Trinajstić information content (AvgIpc) is 3.39. The second-order valence-corrected chi connectivity index (χ2v) is 9.56. The summed E-state index contributed by atoms with van der Waals surface area (Å²) in [4.78, 5) is 35.2. The van der Waals surface area contributed by atoms with Crippen LogP contribution in [0.15, 0.2) is 48.5 Å². The van der Waals surface area contributed by atoms with Gasteiger partial charge in [-0.15, -0.1) is 0 Å². The summed E-state index contributed by atoms with van der Waals surface area (Å²) < 4.78 is 0. The van der Waals surface area contributed by atoms with Crippen molar-refractivity contribution in [2.24, 2.45) is 0 Å². The molecule has 0 spiro atoms. The topological polar surface area (TPSA) is 47.1 Å². The van der Waals surface area contributed by atoms with Gasteiger partial charge in [-0.25, -0.2) is 0 Å². The maximum absolute atomic E-state index is 13.5. The van der Waals surface area contributed by atoms with E-state index < -0.39 is 0 Å². The van der Waals surface area contributed by atoms with Crippen LogP contribution in [0, 0.1) is 6.92 Å². The molecule has 2 aromatic rings. The van der Waals surface area contributed by atoms with Gasteiger partial charge in [0.15, 0.2) is 0 Å². The molecule has 0 aliphatic carbocycles. The second kappa shape index (κ2) is 9.56. The van der Waals surface area contributed by atoms with Gasteiger partial charge in [-0.05, 0) is 49.4 Å². The first-order chi connectivity index (χ1) is 16.1. The van der Waals surface area contributed by atoms with Gasteiger partial charge in [-0.2, -0.15) is 0 Å². The largest absolute Gasteiger partial charge is 0.368 e. The second-order valence-electron chi connectivity index (χ2n) is 9.56. The van der Waals surface area contributed by atoms with Crippen molar-refractivity contribution in [1.82, 2.24) is 14.7 Å². The normalized spacial score (nSPS) is 21.2. The lowest BCUT2D eigenvalue weighted by molar-refractivity contribution is -0.140. The number of carbonyl (C=O) groups is 2. The van der Waals surface area contributed by atoms with Crippen LogP contribution < -0.4 is 4.90 Å². The van der Waals surface area contributed by atoms with Crippen LogP contribution in [-0.2, 0) is 16.0 Å². The summed E-state index contributed by atoms with van der Waals surface area (Å²) in [6.45, 7) is 7.95. The number of hydrogen-bond donors (Lipinski definition) is 0. The molecule has 2 amide bonds. The molecular weight excluding hydrogens is 412 g/mol. The summed E-state index contributed by atoms with van der Waals surface area (Å²) in [7, 11) is 0. The Morgan fingerprint density at radius 1 is 0.818 bits per heavy atom. The number of anilines is 1. The average molecular weight is 447 g/mol. The predicted octanol–water partition coefficient (Wildman–Crippen LogP) is 2.87. The summed E-state index contributed by atoms with van der Waals surface area (Å²) in [5.41, 5.74) is 4.80. The van der Waals surface area contributed by atoms with Crippen molar-refractivity contribution in [2.45, 2.75) is 32.2 Å². The van der Waals surface area contributed by atoms with Crippen LogP contribution in [0.3, 0.4) is 0 Å². The molecule has 0 radical (unpaired) electrons. The van der Waals surface area contributed by atoms with E-state index in [0.717, 1.165) is 70.6 Å². The van der Waals surface area contributed by atoms with Gasteiger partial charge >= 0.3 is 0 Å². The lowest BCUT2D eigenvalue weighted by Crippen LogP contribution is -2.53. The number of nitrogens with zero attached hydrogens (tertiary/aromatic N) is 4. The van der Waals surface area contributed by atoms with E-state index in [1.807, 2.05) is 21.9 Å². The smallest absolute Gasteiger partial charge is 0.244 e. The Morgan fingerprint density at radius 2 is 1.52 bits per heavy atom. The van der Waals surface area contributed by atoms with Crippen molar-refractivity contribution in [3.63, 3.8) is 0 Å². The first kappa shape index (κ1) is 22.0. The molecule has 6 nitrogen and oxygen atoms in total. The number of benzene rings is 2. The van der Waals surface area contributed by atoms with Crippen LogP contribution in [-0.4, -0.2) is 78.9 Å². The van der Waals surface area contributed by atoms with Crippen molar-refractivity contribution >= 4 is 17.5 Å². The minimum absolute atomic E-state index is 0.136. The van der Waals surface area contributed by atoms with E-state index in [0.29, 0.717) is 6.54 Å². The van der Waals surface area contributed by atoms with Crippen LogP contribution in [0.25, 0.3) is 0 Å². The number of rotatable bonds is 4. The first-order valence-corrected chi connectivity index (χ1v) is 12.3. The number of carbonyl (C=O) groups excluding carboxylic acids is 2. The van der Waals surface area contributed by atoms with E-state index >= 15 is 0 Å². The summed E-state index contributed by atoms with van der Waals surface area (Å²) in [6.07, 6.45) is 3.03. The molecule has 174 valence electrons. The Morgan fingerprint density at radius 3 is 2.24 bits per heavy atom. The van der Waals surface area contributed by atoms with E-state index in [2.05, 4.69) is 53.1 Å². The zero-order chi connectivity index (χ0) is 22.8. The van der Waals surface area contributed by atoms with Crippen molar-refractivity contribution in [3.8, 4) is 0 Å². The SMILES string of the molecule is Cc1ccc(N2CCN(C(=O)CN3CCc4ccccc4[C@@H]3C(=O)N3CCCC3)CC2)cc1. The highest BCUT2D eigenvalue weighted by molar-refractivity contribution is 5.86. The van der Waals surface area contributed by atoms with Gasteiger partial charge in [0, 0.05) is 51.5 Å². The minimum atomic E-state index is -0.342. The summed E-state index contributed by atoms with van der Waals surface area (Å²) in [6, 6.07) is 16.5. The molecule has 33 heavy (non-hydrogen) atoms. The van der Waals surface area contributed by atoms with Gasteiger partial charge in [-0.1, -0.05) is 42.0 Å². The van der Waals surface area contributed by atoms with E-state index in [4.69, 9.17) is 0 Å². The predicted molar refractivity (Wildman–Crippen MR) is 130 cm³/mol. The molecule has 0 bridgehead atoms. The van der Waals surface area contributed by atoms with Crippen molar-refractivity contribution in [3.05, 3.63) is 65.2 Å².